The van der Waals surface area contributed by atoms with E-state index in [1.165, 1.54) is 0 Å². The van der Waals surface area contributed by atoms with E-state index in [1.54, 1.807) is 4.90 Å². The Kier molecular flexibility index (Phi) is 3.75. The summed E-state index contributed by atoms with van der Waals surface area (Å²) in [5, 5.41) is 0. The van der Waals surface area contributed by atoms with Gasteiger partial charge in [-0.2, -0.15) is 4.99 Å². The van der Waals surface area contributed by atoms with Crippen LogP contribution in [0.5, 0.6) is 0 Å². The molecule has 0 spiro atoms. The van der Waals surface area contributed by atoms with Crippen molar-refractivity contribution in [3.05, 3.63) is 70.2 Å². The maximum atomic E-state index is 12.1. The second kappa shape index (κ2) is 5.69. The summed E-state index contributed by atoms with van der Waals surface area (Å²) in [5.41, 5.74) is 7.97. The van der Waals surface area contributed by atoms with Gasteiger partial charge in [-0.3, -0.25) is 0 Å². The summed E-state index contributed by atoms with van der Waals surface area (Å²) in [6.07, 6.45) is 0. The SMILES string of the molecule is NC1=NC(=O)N(Cc2ccccc2)C1c1ccccc1Br. The molecule has 2 amide bonds. The number of rotatable bonds is 3. The van der Waals surface area contributed by atoms with E-state index in [0.29, 0.717) is 12.4 Å². The number of halogens is 1. The predicted octanol–water partition coefficient (Wildman–Crippen LogP) is 3.48. The zero-order valence-electron chi connectivity index (χ0n) is 11.2. The van der Waals surface area contributed by atoms with E-state index in [4.69, 9.17) is 5.73 Å². The van der Waals surface area contributed by atoms with Crippen LogP contribution in [-0.2, 0) is 6.54 Å². The van der Waals surface area contributed by atoms with Gasteiger partial charge in [0.1, 0.15) is 11.9 Å². The van der Waals surface area contributed by atoms with Gasteiger partial charge in [0.25, 0.3) is 0 Å². The van der Waals surface area contributed by atoms with Crippen molar-refractivity contribution in [1.82, 2.24) is 4.90 Å². The molecule has 1 atom stereocenters. The Morgan fingerprint density at radius 3 is 2.48 bits per heavy atom. The molecule has 3 rings (SSSR count). The first-order chi connectivity index (χ1) is 10.2. The molecule has 0 radical (unpaired) electrons. The van der Waals surface area contributed by atoms with Gasteiger partial charge in [0.15, 0.2) is 0 Å². The zero-order chi connectivity index (χ0) is 14.8. The molecule has 1 heterocycles. The topological polar surface area (TPSA) is 58.7 Å². The Labute approximate surface area is 131 Å². The van der Waals surface area contributed by atoms with E-state index in [0.717, 1.165) is 15.6 Å². The molecule has 1 aliphatic rings. The van der Waals surface area contributed by atoms with Crippen LogP contribution in [0.4, 0.5) is 4.79 Å². The third kappa shape index (κ3) is 2.69. The molecule has 2 aromatic carbocycles. The standard InChI is InChI=1S/C16H14BrN3O/c17-13-9-5-4-8-12(13)14-15(18)19-16(21)20(14)10-11-6-2-1-3-7-11/h1-9,14H,10H2,(H2,18,19,21). The Bertz CT molecular complexity index is 700. The summed E-state index contributed by atoms with van der Waals surface area (Å²) in [6, 6.07) is 16.9. The zero-order valence-corrected chi connectivity index (χ0v) is 12.8. The molecule has 0 fully saturated rings. The lowest BCUT2D eigenvalue weighted by molar-refractivity contribution is 0.203. The maximum absolute atomic E-state index is 12.1. The lowest BCUT2D eigenvalue weighted by atomic mass is 10.0. The van der Waals surface area contributed by atoms with Gasteiger partial charge in [0.05, 0.1) is 0 Å². The van der Waals surface area contributed by atoms with Crippen molar-refractivity contribution >= 4 is 27.8 Å². The fourth-order valence-corrected chi connectivity index (χ4v) is 2.97. The molecule has 1 aliphatic heterocycles. The third-order valence-electron chi connectivity index (χ3n) is 3.46. The number of amidine groups is 1. The van der Waals surface area contributed by atoms with Gasteiger partial charge >= 0.3 is 6.03 Å². The van der Waals surface area contributed by atoms with Gasteiger partial charge in [-0.15, -0.1) is 0 Å². The number of carbonyl (C=O) groups is 1. The quantitative estimate of drug-likeness (QED) is 0.927. The Morgan fingerprint density at radius 2 is 1.76 bits per heavy atom. The van der Waals surface area contributed by atoms with Crippen LogP contribution in [0.3, 0.4) is 0 Å². The van der Waals surface area contributed by atoms with Gasteiger partial charge in [0.2, 0.25) is 0 Å². The normalized spacial score (nSPS) is 18.0. The van der Waals surface area contributed by atoms with Crippen LogP contribution in [0.15, 0.2) is 64.1 Å². The first-order valence-corrected chi connectivity index (χ1v) is 7.39. The molecule has 5 heteroatoms. The van der Waals surface area contributed by atoms with Crippen LogP contribution in [0, 0.1) is 0 Å². The van der Waals surface area contributed by atoms with Crippen molar-refractivity contribution in [1.29, 1.82) is 0 Å². The second-order valence-corrected chi connectivity index (χ2v) is 5.71. The number of nitrogens with two attached hydrogens (primary N) is 1. The van der Waals surface area contributed by atoms with Gasteiger partial charge in [-0.1, -0.05) is 64.5 Å². The lowest BCUT2D eigenvalue weighted by Crippen LogP contribution is -2.33. The molecular weight excluding hydrogens is 330 g/mol. The third-order valence-corrected chi connectivity index (χ3v) is 4.18. The summed E-state index contributed by atoms with van der Waals surface area (Å²) in [7, 11) is 0. The molecule has 0 saturated carbocycles. The molecule has 0 aliphatic carbocycles. The first kappa shape index (κ1) is 13.8. The van der Waals surface area contributed by atoms with Crippen LogP contribution in [0.1, 0.15) is 17.2 Å². The van der Waals surface area contributed by atoms with Gasteiger partial charge < -0.3 is 10.6 Å². The van der Waals surface area contributed by atoms with Crippen molar-refractivity contribution in [3.63, 3.8) is 0 Å². The molecule has 106 valence electrons. The van der Waals surface area contributed by atoms with Crippen molar-refractivity contribution in [2.75, 3.05) is 0 Å². The highest BCUT2D eigenvalue weighted by Crippen LogP contribution is 2.32. The minimum atomic E-state index is -0.326. The van der Waals surface area contributed by atoms with Gasteiger partial charge in [-0.05, 0) is 17.2 Å². The monoisotopic (exact) mass is 343 g/mol. The number of urea groups is 1. The number of benzene rings is 2. The van der Waals surface area contributed by atoms with E-state index < -0.39 is 0 Å². The number of hydrogen-bond donors (Lipinski definition) is 1. The summed E-state index contributed by atoms with van der Waals surface area (Å²) in [5.74, 6) is 0.336. The molecule has 1 unspecified atom stereocenters. The number of aliphatic imine (C=N–C) groups is 1. The molecule has 2 aromatic rings. The Hall–Kier alpha value is -2.14. The van der Waals surface area contributed by atoms with Crippen molar-refractivity contribution in [2.45, 2.75) is 12.6 Å². The molecule has 4 nitrogen and oxygen atoms in total. The molecule has 0 aromatic heterocycles. The van der Waals surface area contributed by atoms with Crippen LogP contribution >= 0.6 is 15.9 Å². The minimum Gasteiger partial charge on any atom is -0.385 e. The highest BCUT2D eigenvalue weighted by Gasteiger charge is 2.35. The van der Waals surface area contributed by atoms with E-state index in [2.05, 4.69) is 20.9 Å². The van der Waals surface area contributed by atoms with E-state index in [-0.39, 0.29) is 12.1 Å². The number of carbonyl (C=O) groups excluding carboxylic acids is 1. The molecule has 0 saturated heterocycles. The fraction of sp³-hybridized carbons (Fsp3) is 0.125. The summed E-state index contributed by atoms with van der Waals surface area (Å²) < 4.78 is 0.918. The number of hydrogen-bond acceptors (Lipinski definition) is 2. The Balaban J connectivity index is 1.95. The van der Waals surface area contributed by atoms with E-state index >= 15 is 0 Å². The summed E-state index contributed by atoms with van der Waals surface area (Å²) >= 11 is 3.52. The fourth-order valence-electron chi connectivity index (χ4n) is 2.47. The highest BCUT2D eigenvalue weighted by atomic mass is 79.9. The van der Waals surface area contributed by atoms with Crippen molar-refractivity contribution in [2.24, 2.45) is 10.7 Å². The highest BCUT2D eigenvalue weighted by molar-refractivity contribution is 9.10. The molecule has 0 bridgehead atoms. The van der Waals surface area contributed by atoms with Crippen molar-refractivity contribution < 1.29 is 4.79 Å². The average Bonchev–Trinajstić information content (AvgIpc) is 2.75. The summed E-state index contributed by atoms with van der Waals surface area (Å²) in [4.78, 5) is 17.7. The predicted molar refractivity (Wildman–Crippen MR) is 85.9 cm³/mol. The van der Waals surface area contributed by atoms with E-state index in [9.17, 15) is 4.79 Å². The molecule has 2 N–H and O–H groups in total. The first-order valence-electron chi connectivity index (χ1n) is 6.60. The van der Waals surface area contributed by atoms with E-state index in [1.807, 2.05) is 54.6 Å². The smallest absolute Gasteiger partial charge is 0.346 e. The number of nitrogens with zero attached hydrogens (tertiary/aromatic N) is 2. The minimum absolute atomic E-state index is 0.294. The van der Waals surface area contributed by atoms with Crippen LogP contribution in [0.25, 0.3) is 0 Å². The second-order valence-electron chi connectivity index (χ2n) is 4.86. The van der Waals surface area contributed by atoms with Gasteiger partial charge in [0, 0.05) is 11.0 Å². The van der Waals surface area contributed by atoms with Crippen molar-refractivity contribution in [3.8, 4) is 0 Å². The van der Waals surface area contributed by atoms with Crippen LogP contribution in [-0.4, -0.2) is 16.8 Å². The molecule has 21 heavy (non-hydrogen) atoms. The lowest BCUT2D eigenvalue weighted by Gasteiger charge is -2.25. The maximum Gasteiger partial charge on any atom is 0.346 e. The largest absolute Gasteiger partial charge is 0.385 e. The van der Waals surface area contributed by atoms with Gasteiger partial charge in [-0.25, -0.2) is 4.79 Å². The van der Waals surface area contributed by atoms with Crippen LogP contribution < -0.4 is 5.73 Å². The summed E-state index contributed by atoms with van der Waals surface area (Å²) in [6.45, 7) is 0.482. The molecular formula is C16H14BrN3O. The Morgan fingerprint density at radius 1 is 1.10 bits per heavy atom. The number of amides is 2. The van der Waals surface area contributed by atoms with Crippen LogP contribution in [0.2, 0.25) is 0 Å². The average molecular weight is 344 g/mol.